The molecule has 0 spiro atoms. The van der Waals surface area contributed by atoms with Crippen LogP contribution in [0.15, 0.2) is 0 Å². The Kier molecular flexibility index (Phi) is 5.27. The van der Waals surface area contributed by atoms with Crippen LogP contribution >= 0.6 is 0 Å². The number of hydrogen-bond acceptors (Lipinski definition) is 3. The molecule has 4 N–H and O–H groups in total. The highest BCUT2D eigenvalue weighted by Crippen LogP contribution is 1.86. The van der Waals surface area contributed by atoms with Gasteiger partial charge in [0.1, 0.15) is 0 Å². The second-order valence-electron chi connectivity index (χ2n) is 3.13. The predicted molar refractivity (Wildman–Crippen MR) is 50.2 cm³/mol. The van der Waals surface area contributed by atoms with Crippen LogP contribution in [0.5, 0.6) is 0 Å². The molecule has 4 heteroatoms. The Morgan fingerprint density at radius 2 is 2.50 bits per heavy atom. The summed E-state index contributed by atoms with van der Waals surface area (Å²) in [4.78, 5) is 0. The van der Waals surface area contributed by atoms with Gasteiger partial charge in [-0.1, -0.05) is 0 Å². The summed E-state index contributed by atoms with van der Waals surface area (Å²) in [6.07, 6.45) is 1.06. The molecule has 0 bridgehead atoms. The lowest BCUT2D eigenvalue weighted by Gasteiger charge is -2.23. The standard InChI is InChI=1S/C8H19N4/c9-2-1-3-10-6-8-7-11-4-5-12-8/h8,10,12H,1-7,9H2. The molecule has 71 valence electrons. The molecule has 12 heavy (non-hydrogen) atoms. The van der Waals surface area contributed by atoms with Crippen molar-refractivity contribution in [3.05, 3.63) is 0 Å². The minimum Gasteiger partial charge on any atom is -0.330 e. The maximum Gasteiger partial charge on any atom is 0.0334 e. The molecule has 0 aromatic carbocycles. The summed E-state index contributed by atoms with van der Waals surface area (Å²) < 4.78 is 0. The summed E-state index contributed by atoms with van der Waals surface area (Å²) >= 11 is 0. The fraction of sp³-hybridized carbons (Fsp3) is 1.00. The van der Waals surface area contributed by atoms with Gasteiger partial charge in [-0.15, -0.1) is 0 Å². The minimum atomic E-state index is 0.538. The molecule has 1 fully saturated rings. The quantitative estimate of drug-likeness (QED) is 0.441. The van der Waals surface area contributed by atoms with E-state index in [0.717, 1.165) is 45.7 Å². The van der Waals surface area contributed by atoms with Gasteiger partial charge >= 0.3 is 0 Å². The van der Waals surface area contributed by atoms with Crippen LogP contribution < -0.4 is 21.7 Å². The minimum absolute atomic E-state index is 0.538. The Bertz CT molecular complexity index is 101. The average molecular weight is 171 g/mol. The first-order valence-electron chi connectivity index (χ1n) is 4.71. The van der Waals surface area contributed by atoms with Crippen molar-refractivity contribution >= 4 is 0 Å². The van der Waals surface area contributed by atoms with Crippen molar-refractivity contribution in [2.24, 2.45) is 5.73 Å². The van der Waals surface area contributed by atoms with Crippen molar-refractivity contribution in [2.45, 2.75) is 12.5 Å². The summed E-state index contributed by atoms with van der Waals surface area (Å²) in [6, 6.07) is 0.538. The van der Waals surface area contributed by atoms with E-state index in [1.165, 1.54) is 0 Å². The van der Waals surface area contributed by atoms with Crippen LogP contribution in [0.1, 0.15) is 6.42 Å². The van der Waals surface area contributed by atoms with Gasteiger partial charge in [0.2, 0.25) is 0 Å². The Morgan fingerprint density at radius 3 is 3.17 bits per heavy atom. The van der Waals surface area contributed by atoms with E-state index in [0.29, 0.717) is 6.04 Å². The van der Waals surface area contributed by atoms with Crippen LogP contribution in [0.25, 0.3) is 0 Å². The first kappa shape index (κ1) is 9.92. The van der Waals surface area contributed by atoms with Crippen molar-refractivity contribution in [1.29, 1.82) is 0 Å². The lowest BCUT2D eigenvalue weighted by Crippen LogP contribution is -2.50. The first-order valence-corrected chi connectivity index (χ1v) is 4.71. The van der Waals surface area contributed by atoms with Crippen molar-refractivity contribution in [3.8, 4) is 0 Å². The SMILES string of the molecule is NCCCNCC1C[N]CCN1. The van der Waals surface area contributed by atoms with Crippen molar-refractivity contribution < 1.29 is 0 Å². The van der Waals surface area contributed by atoms with Crippen LogP contribution in [-0.2, 0) is 0 Å². The molecule has 0 aromatic rings. The summed E-state index contributed by atoms with van der Waals surface area (Å²) in [5.74, 6) is 0. The van der Waals surface area contributed by atoms with Gasteiger partial charge in [0.25, 0.3) is 0 Å². The molecule has 0 saturated carbocycles. The molecule has 0 aromatic heterocycles. The smallest absolute Gasteiger partial charge is 0.0334 e. The van der Waals surface area contributed by atoms with Gasteiger partial charge < -0.3 is 16.4 Å². The number of nitrogens with one attached hydrogen (secondary N) is 2. The number of piperazine rings is 1. The van der Waals surface area contributed by atoms with Gasteiger partial charge in [-0.25, -0.2) is 5.32 Å². The Morgan fingerprint density at radius 1 is 1.58 bits per heavy atom. The zero-order valence-electron chi connectivity index (χ0n) is 7.55. The zero-order valence-corrected chi connectivity index (χ0v) is 7.55. The topological polar surface area (TPSA) is 64.2 Å². The molecule has 1 unspecified atom stereocenters. The lowest BCUT2D eigenvalue weighted by molar-refractivity contribution is 0.394. The van der Waals surface area contributed by atoms with E-state index in [-0.39, 0.29) is 0 Å². The molecule has 1 radical (unpaired) electrons. The number of hydrogen-bond donors (Lipinski definition) is 3. The maximum absolute atomic E-state index is 5.37. The summed E-state index contributed by atoms with van der Waals surface area (Å²) in [5, 5.41) is 11.1. The monoisotopic (exact) mass is 171 g/mol. The summed E-state index contributed by atoms with van der Waals surface area (Å²) in [6.45, 7) is 5.77. The molecule has 1 saturated heterocycles. The average Bonchev–Trinajstić information content (AvgIpc) is 2.14. The largest absolute Gasteiger partial charge is 0.330 e. The third kappa shape index (κ3) is 4.01. The first-order chi connectivity index (χ1) is 5.93. The summed E-state index contributed by atoms with van der Waals surface area (Å²) in [5.41, 5.74) is 5.37. The lowest BCUT2D eigenvalue weighted by atomic mass is 10.2. The van der Waals surface area contributed by atoms with Gasteiger partial charge in [-0.2, -0.15) is 0 Å². The third-order valence-corrected chi connectivity index (χ3v) is 2.00. The van der Waals surface area contributed by atoms with Gasteiger partial charge in [-0.3, -0.25) is 0 Å². The molecule has 1 aliphatic rings. The van der Waals surface area contributed by atoms with Gasteiger partial charge in [-0.05, 0) is 19.5 Å². The fourth-order valence-corrected chi connectivity index (χ4v) is 1.30. The highest BCUT2D eigenvalue weighted by Gasteiger charge is 2.11. The molecular formula is C8H19N4. The van der Waals surface area contributed by atoms with Crippen molar-refractivity contribution in [2.75, 3.05) is 39.3 Å². The Balaban J connectivity index is 1.91. The van der Waals surface area contributed by atoms with E-state index in [1.54, 1.807) is 0 Å². The van der Waals surface area contributed by atoms with Gasteiger partial charge in [0, 0.05) is 32.2 Å². The normalized spacial score (nSPS) is 24.2. The number of rotatable bonds is 5. The molecular weight excluding hydrogens is 152 g/mol. The van der Waals surface area contributed by atoms with E-state index in [2.05, 4.69) is 16.0 Å². The van der Waals surface area contributed by atoms with Crippen LogP contribution in [0.4, 0.5) is 0 Å². The molecule has 4 nitrogen and oxygen atoms in total. The second kappa shape index (κ2) is 6.37. The van der Waals surface area contributed by atoms with Crippen LogP contribution in [0.3, 0.4) is 0 Å². The van der Waals surface area contributed by atoms with Crippen LogP contribution in [-0.4, -0.2) is 45.3 Å². The molecule has 1 heterocycles. The maximum atomic E-state index is 5.37. The molecule has 1 atom stereocenters. The van der Waals surface area contributed by atoms with E-state index in [1.807, 2.05) is 0 Å². The molecule has 0 aliphatic carbocycles. The highest BCUT2D eigenvalue weighted by atomic mass is 15.1. The van der Waals surface area contributed by atoms with E-state index < -0.39 is 0 Å². The van der Waals surface area contributed by atoms with Crippen molar-refractivity contribution in [3.63, 3.8) is 0 Å². The van der Waals surface area contributed by atoms with Gasteiger partial charge in [0.05, 0.1) is 0 Å². The van der Waals surface area contributed by atoms with E-state index in [4.69, 9.17) is 5.73 Å². The molecule has 0 amide bonds. The fourth-order valence-electron chi connectivity index (χ4n) is 1.30. The summed E-state index contributed by atoms with van der Waals surface area (Å²) in [7, 11) is 0. The number of nitrogens with two attached hydrogens (primary N) is 1. The Hall–Kier alpha value is -0.160. The Labute approximate surface area is 74.3 Å². The molecule has 1 rings (SSSR count). The highest BCUT2D eigenvalue weighted by molar-refractivity contribution is 4.76. The van der Waals surface area contributed by atoms with Crippen LogP contribution in [0, 0.1) is 0 Å². The predicted octanol–water partition coefficient (Wildman–Crippen LogP) is -1.50. The van der Waals surface area contributed by atoms with E-state index >= 15 is 0 Å². The van der Waals surface area contributed by atoms with Crippen LogP contribution in [0.2, 0.25) is 0 Å². The number of nitrogens with zero attached hydrogens (tertiary/aromatic N) is 1. The molecule has 1 aliphatic heterocycles. The second-order valence-corrected chi connectivity index (χ2v) is 3.13. The third-order valence-electron chi connectivity index (χ3n) is 2.00. The van der Waals surface area contributed by atoms with Gasteiger partial charge in [0.15, 0.2) is 0 Å². The zero-order chi connectivity index (χ0) is 8.65. The van der Waals surface area contributed by atoms with E-state index in [9.17, 15) is 0 Å². The van der Waals surface area contributed by atoms with Crippen molar-refractivity contribution in [1.82, 2.24) is 16.0 Å².